The SMILES string of the molecule is COc1cc(C=C2SC(=S)N(Nc3ccc([N+](=O)[O-])cc3)C2=O)ccc1O. The molecule has 2 N–H and O–H groups in total. The van der Waals surface area contributed by atoms with Crippen LogP contribution in [0.1, 0.15) is 5.56 Å². The third kappa shape index (κ3) is 4.01. The standard InChI is InChI=1S/C17H13N3O5S2/c1-25-14-8-10(2-7-13(14)21)9-15-16(22)19(17(26)27-15)18-11-3-5-12(6-4-11)20(23)24/h2-9,18,21H,1H3. The number of benzene rings is 2. The summed E-state index contributed by atoms with van der Waals surface area (Å²) in [5, 5.41) is 21.6. The maximum absolute atomic E-state index is 12.6. The zero-order valence-electron chi connectivity index (χ0n) is 13.9. The lowest BCUT2D eigenvalue weighted by molar-refractivity contribution is -0.384. The van der Waals surface area contributed by atoms with E-state index in [-0.39, 0.29) is 17.3 Å². The number of hydrazine groups is 1. The summed E-state index contributed by atoms with van der Waals surface area (Å²) in [6.07, 6.45) is 1.64. The molecule has 1 fully saturated rings. The molecule has 138 valence electrons. The first-order valence-corrected chi connectivity index (χ1v) is 8.77. The van der Waals surface area contributed by atoms with Gasteiger partial charge in [0.2, 0.25) is 0 Å². The summed E-state index contributed by atoms with van der Waals surface area (Å²) < 4.78 is 5.36. The van der Waals surface area contributed by atoms with Gasteiger partial charge in [-0.15, -0.1) is 0 Å². The van der Waals surface area contributed by atoms with E-state index in [1.165, 1.54) is 42.5 Å². The number of phenolic OH excluding ortho intramolecular Hbond substituents is 1. The lowest BCUT2D eigenvalue weighted by atomic mass is 10.2. The summed E-state index contributed by atoms with van der Waals surface area (Å²) in [6, 6.07) is 10.4. The molecule has 3 rings (SSSR count). The normalized spacial score (nSPS) is 15.3. The van der Waals surface area contributed by atoms with E-state index in [1.54, 1.807) is 18.2 Å². The van der Waals surface area contributed by atoms with E-state index in [4.69, 9.17) is 17.0 Å². The molecule has 2 aromatic rings. The summed E-state index contributed by atoms with van der Waals surface area (Å²) in [4.78, 5) is 23.2. The maximum atomic E-state index is 12.6. The van der Waals surface area contributed by atoms with E-state index in [0.29, 0.717) is 26.2 Å². The van der Waals surface area contributed by atoms with Crippen molar-refractivity contribution >= 4 is 51.7 Å². The Labute approximate surface area is 163 Å². The average molecular weight is 403 g/mol. The Morgan fingerprint density at radius 3 is 2.63 bits per heavy atom. The van der Waals surface area contributed by atoms with E-state index in [9.17, 15) is 20.0 Å². The number of thioether (sulfide) groups is 1. The number of nitro groups is 1. The van der Waals surface area contributed by atoms with E-state index in [0.717, 1.165) is 11.8 Å². The number of nitro benzene ring substituents is 1. The number of nitrogens with zero attached hydrogens (tertiary/aromatic N) is 2. The van der Waals surface area contributed by atoms with Crippen LogP contribution in [0.15, 0.2) is 47.4 Å². The number of amides is 1. The minimum absolute atomic E-state index is 0.00189. The molecule has 0 spiro atoms. The number of ether oxygens (including phenoxy) is 1. The van der Waals surface area contributed by atoms with Crippen molar-refractivity contribution < 1.29 is 19.6 Å². The molecule has 27 heavy (non-hydrogen) atoms. The van der Waals surface area contributed by atoms with Gasteiger partial charge in [0.15, 0.2) is 15.8 Å². The van der Waals surface area contributed by atoms with Crippen LogP contribution in [0.5, 0.6) is 11.5 Å². The Morgan fingerprint density at radius 1 is 1.30 bits per heavy atom. The summed E-state index contributed by atoms with van der Waals surface area (Å²) >= 11 is 6.35. The number of hydrogen-bond acceptors (Lipinski definition) is 8. The Kier molecular flexibility index (Phi) is 5.28. The summed E-state index contributed by atoms with van der Waals surface area (Å²) in [5.41, 5.74) is 3.96. The van der Waals surface area contributed by atoms with Crippen molar-refractivity contribution in [1.82, 2.24) is 5.01 Å². The molecule has 0 bridgehead atoms. The Hall–Kier alpha value is -3.11. The van der Waals surface area contributed by atoms with Crippen molar-refractivity contribution in [3.05, 3.63) is 63.0 Å². The molecule has 2 aromatic carbocycles. The first-order chi connectivity index (χ1) is 12.9. The van der Waals surface area contributed by atoms with Crippen LogP contribution in [0.25, 0.3) is 6.08 Å². The van der Waals surface area contributed by atoms with Gasteiger partial charge >= 0.3 is 0 Å². The molecule has 0 aromatic heterocycles. The second-order valence-electron chi connectivity index (χ2n) is 5.36. The number of carbonyl (C=O) groups excluding carboxylic acids is 1. The van der Waals surface area contributed by atoms with Gasteiger partial charge in [-0.05, 0) is 48.1 Å². The second kappa shape index (κ2) is 7.64. The molecule has 1 saturated heterocycles. The number of carbonyl (C=O) groups is 1. The topological polar surface area (TPSA) is 105 Å². The fourth-order valence-corrected chi connectivity index (χ4v) is 3.47. The van der Waals surface area contributed by atoms with E-state index < -0.39 is 4.92 Å². The van der Waals surface area contributed by atoms with E-state index in [2.05, 4.69) is 5.43 Å². The van der Waals surface area contributed by atoms with Crippen LogP contribution in [0.2, 0.25) is 0 Å². The van der Waals surface area contributed by atoms with Crippen LogP contribution in [0, 0.1) is 10.1 Å². The van der Waals surface area contributed by atoms with Crippen molar-refractivity contribution in [3.63, 3.8) is 0 Å². The minimum Gasteiger partial charge on any atom is -0.504 e. The highest BCUT2D eigenvalue weighted by Crippen LogP contribution is 2.34. The largest absolute Gasteiger partial charge is 0.504 e. The molecule has 10 heteroatoms. The van der Waals surface area contributed by atoms with Crippen LogP contribution in [0.4, 0.5) is 11.4 Å². The number of rotatable bonds is 5. The lowest BCUT2D eigenvalue weighted by Gasteiger charge is -2.16. The molecule has 0 aliphatic carbocycles. The molecule has 0 radical (unpaired) electrons. The monoisotopic (exact) mass is 403 g/mol. The van der Waals surface area contributed by atoms with Crippen molar-refractivity contribution in [2.75, 3.05) is 12.5 Å². The molecule has 1 aliphatic heterocycles. The summed E-state index contributed by atoms with van der Waals surface area (Å²) in [5.74, 6) is -0.0549. The highest BCUT2D eigenvalue weighted by molar-refractivity contribution is 8.26. The van der Waals surface area contributed by atoms with Crippen molar-refractivity contribution in [1.29, 1.82) is 0 Å². The molecule has 0 saturated carbocycles. The van der Waals surface area contributed by atoms with E-state index >= 15 is 0 Å². The Morgan fingerprint density at radius 2 is 2.00 bits per heavy atom. The predicted octanol–water partition coefficient (Wildman–Crippen LogP) is 3.54. The van der Waals surface area contributed by atoms with Crippen LogP contribution in [0.3, 0.4) is 0 Å². The van der Waals surface area contributed by atoms with Gasteiger partial charge in [-0.3, -0.25) is 20.3 Å². The first kappa shape index (κ1) is 18.7. The summed E-state index contributed by atoms with van der Waals surface area (Å²) in [7, 11) is 1.44. The Bertz CT molecular complexity index is 960. The number of hydrogen-bond donors (Lipinski definition) is 2. The quantitative estimate of drug-likeness (QED) is 0.338. The number of methoxy groups -OCH3 is 1. The molecule has 0 atom stereocenters. The fraction of sp³-hybridized carbons (Fsp3) is 0.0588. The molecular formula is C17H13N3O5S2. The van der Waals surface area contributed by atoms with Gasteiger partial charge in [0.05, 0.1) is 22.6 Å². The third-order valence-electron chi connectivity index (χ3n) is 3.61. The number of anilines is 1. The highest BCUT2D eigenvalue weighted by atomic mass is 32.2. The number of nitrogens with one attached hydrogen (secondary N) is 1. The molecule has 8 nitrogen and oxygen atoms in total. The van der Waals surface area contributed by atoms with Gasteiger partial charge in [0.1, 0.15) is 0 Å². The Balaban J connectivity index is 1.79. The fourth-order valence-electron chi connectivity index (χ4n) is 2.29. The molecule has 1 amide bonds. The number of aromatic hydroxyl groups is 1. The smallest absolute Gasteiger partial charge is 0.285 e. The van der Waals surface area contributed by atoms with Gasteiger partial charge < -0.3 is 9.84 Å². The molecule has 1 heterocycles. The molecule has 1 aliphatic rings. The van der Waals surface area contributed by atoms with Gasteiger partial charge in [-0.1, -0.05) is 17.8 Å². The summed E-state index contributed by atoms with van der Waals surface area (Å²) in [6.45, 7) is 0. The van der Waals surface area contributed by atoms with Gasteiger partial charge in [-0.2, -0.15) is 0 Å². The molecular weight excluding hydrogens is 390 g/mol. The zero-order valence-corrected chi connectivity index (χ0v) is 15.5. The predicted molar refractivity (Wildman–Crippen MR) is 106 cm³/mol. The minimum atomic E-state index is -0.502. The van der Waals surface area contributed by atoms with Gasteiger partial charge in [0.25, 0.3) is 11.6 Å². The third-order valence-corrected chi connectivity index (χ3v) is 4.92. The van der Waals surface area contributed by atoms with E-state index in [1.807, 2.05) is 0 Å². The highest BCUT2D eigenvalue weighted by Gasteiger charge is 2.32. The van der Waals surface area contributed by atoms with Gasteiger partial charge in [-0.25, -0.2) is 5.01 Å². The first-order valence-electron chi connectivity index (χ1n) is 7.55. The van der Waals surface area contributed by atoms with Crippen LogP contribution in [-0.2, 0) is 4.79 Å². The number of phenols is 1. The number of non-ortho nitro benzene ring substituents is 1. The second-order valence-corrected chi connectivity index (χ2v) is 7.04. The zero-order chi connectivity index (χ0) is 19.6. The van der Waals surface area contributed by atoms with Crippen molar-refractivity contribution in [2.24, 2.45) is 0 Å². The van der Waals surface area contributed by atoms with Crippen LogP contribution < -0.4 is 10.2 Å². The number of thiocarbonyl (C=S) groups is 1. The van der Waals surface area contributed by atoms with Crippen molar-refractivity contribution in [2.45, 2.75) is 0 Å². The lowest BCUT2D eigenvalue weighted by Crippen LogP contribution is -2.33. The van der Waals surface area contributed by atoms with Crippen LogP contribution >= 0.6 is 24.0 Å². The van der Waals surface area contributed by atoms with Gasteiger partial charge in [0, 0.05) is 12.1 Å². The average Bonchev–Trinajstić information content (AvgIpc) is 2.91. The molecule has 0 unspecified atom stereocenters. The maximum Gasteiger partial charge on any atom is 0.285 e. The van der Waals surface area contributed by atoms with Crippen LogP contribution in [-0.4, -0.2) is 32.4 Å². The van der Waals surface area contributed by atoms with Crippen molar-refractivity contribution in [3.8, 4) is 11.5 Å².